The smallest absolute Gasteiger partial charge is 0.338 e. The maximum Gasteiger partial charge on any atom is 0.338 e. The second-order valence-corrected chi connectivity index (χ2v) is 5.39. The average Bonchev–Trinajstić information content (AvgIpc) is 2.63. The minimum absolute atomic E-state index is 0.206. The molecule has 5 heteroatoms. The number of hydrogen-bond acceptors (Lipinski definition) is 5. The Balaban J connectivity index is 2.60. The van der Waals surface area contributed by atoms with Gasteiger partial charge in [0.25, 0.3) is 0 Å². The SMILES string of the molecule is C=CCc1c(Oc2ccc(C)cc2)cc(C(=O)OC)cc1C(=O)OC. The number of allylic oxidation sites excluding steroid dienone is 1. The molecule has 0 aliphatic heterocycles. The van der Waals surface area contributed by atoms with Crippen molar-refractivity contribution >= 4 is 11.9 Å². The fraction of sp³-hybridized carbons (Fsp3) is 0.200. The van der Waals surface area contributed by atoms with Crippen molar-refractivity contribution in [1.82, 2.24) is 0 Å². The Morgan fingerprint density at radius 2 is 1.68 bits per heavy atom. The molecule has 0 saturated heterocycles. The Bertz CT molecular complexity index is 790. The normalized spacial score (nSPS) is 10.0. The van der Waals surface area contributed by atoms with Crippen molar-refractivity contribution in [1.29, 1.82) is 0 Å². The number of benzene rings is 2. The number of carbonyl (C=O) groups excluding carboxylic acids is 2. The number of hydrogen-bond donors (Lipinski definition) is 0. The molecule has 2 aromatic carbocycles. The molecule has 0 unspecified atom stereocenters. The van der Waals surface area contributed by atoms with Gasteiger partial charge in [-0.25, -0.2) is 9.59 Å². The first-order valence-electron chi connectivity index (χ1n) is 7.69. The Morgan fingerprint density at radius 3 is 2.24 bits per heavy atom. The molecule has 2 rings (SSSR count). The zero-order chi connectivity index (χ0) is 18.4. The van der Waals surface area contributed by atoms with Gasteiger partial charge in [-0.05, 0) is 37.6 Å². The van der Waals surface area contributed by atoms with Crippen molar-refractivity contribution in [2.75, 3.05) is 14.2 Å². The van der Waals surface area contributed by atoms with E-state index < -0.39 is 11.9 Å². The van der Waals surface area contributed by atoms with E-state index in [0.717, 1.165) is 5.56 Å². The minimum atomic E-state index is -0.566. The summed E-state index contributed by atoms with van der Waals surface area (Å²) in [6.07, 6.45) is 2.04. The molecule has 0 saturated carbocycles. The highest BCUT2D eigenvalue weighted by Crippen LogP contribution is 2.31. The quantitative estimate of drug-likeness (QED) is 0.585. The second-order valence-electron chi connectivity index (χ2n) is 5.39. The van der Waals surface area contributed by atoms with E-state index >= 15 is 0 Å². The van der Waals surface area contributed by atoms with Gasteiger partial charge in [0.15, 0.2) is 0 Å². The van der Waals surface area contributed by atoms with Crippen molar-refractivity contribution in [3.63, 3.8) is 0 Å². The molecule has 5 nitrogen and oxygen atoms in total. The molecule has 0 radical (unpaired) electrons. The number of esters is 2. The topological polar surface area (TPSA) is 61.8 Å². The van der Waals surface area contributed by atoms with Crippen LogP contribution in [0, 0.1) is 6.92 Å². The summed E-state index contributed by atoms with van der Waals surface area (Å²) in [5, 5.41) is 0. The van der Waals surface area contributed by atoms with Crippen molar-refractivity contribution < 1.29 is 23.8 Å². The van der Waals surface area contributed by atoms with E-state index in [1.165, 1.54) is 20.3 Å². The Labute approximate surface area is 146 Å². The molecule has 0 heterocycles. The fourth-order valence-corrected chi connectivity index (χ4v) is 2.35. The second kappa shape index (κ2) is 8.15. The summed E-state index contributed by atoms with van der Waals surface area (Å²) in [4.78, 5) is 24.1. The molecule has 0 N–H and O–H groups in total. The first-order chi connectivity index (χ1) is 12.0. The monoisotopic (exact) mass is 340 g/mol. The van der Waals surface area contributed by atoms with Crippen molar-refractivity contribution in [2.24, 2.45) is 0 Å². The van der Waals surface area contributed by atoms with E-state index in [0.29, 0.717) is 23.5 Å². The van der Waals surface area contributed by atoms with Crippen LogP contribution in [0.4, 0.5) is 0 Å². The third-order valence-electron chi connectivity index (χ3n) is 3.63. The van der Waals surface area contributed by atoms with Gasteiger partial charge < -0.3 is 14.2 Å². The Hall–Kier alpha value is -3.08. The van der Waals surface area contributed by atoms with E-state index in [-0.39, 0.29) is 11.1 Å². The fourth-order valence-electron chi connectivity index (χ4n) is 2.35. The Morgan fingerprint density at radius 1 is 1.04 bits per heavy atom. The van der Waals surface area contributed by atoms with Gasteiger partial charge in [0.05, 0.1) is 25.3 Å². The van der Waals surface area contributed by atoms with Crippen LogP contribution in [0.2, 0.25) is 0 Å². The molecule has 0 fully saturated rings. The molecule has 25 heavy (non-hydrogen) atoms. The molecule has 0 atom stereocenters. The largest absolute Gasteiger partial charge is 0.465 e. The lowest BCUT2D eigenvalue weighted by Gasteiger charge is -2.15. The molecular weight excluding hydrogens is 320 g/mol. The first-order valence-corrected chi connectivity index (χ1v) is 7.69. The van der Waals surface area contributed by atoms with Crippen LogP contribution < -0.4 is 4.74 Å². The van der Waals surface area contributed by atoms with Gasteiger partial charge >= 0.3 is 11.9 Å². The lowest BCUT2D eigenvalue weighted by molar-refractivity contribution is 0.0597. The molecule has 0 amide bonds. The van der Waals surface area contributed by atoms with Crippen LogP contribution in [0.5, 0.6) is 11.5 Å². The predicted octanol–water partition coefficient (Wildman–Crippen LogP) is 4.09. The lowest BCUT2D eigenvalue weighted by Crippen LogP contribution is -2.11. The molecule has 2 aromatic rings. The van der Waals surface area contributed by atoms with Gasteiger partial charge in [-0.3, -0.25) is 0 Å². The van der Waals surface area contributed by atoms with Crippen molar-refractivity contribution in [3.05, 3.63) is 71.3 Å². The van der Waals surface area contributed by atoms with E-state index in [4.69, 9.17) is 14.2 Å². The molecule has 0 aliphatic carbocycles. The number of ether oxygens (including phenoxy) is 3. The number of aryl methyl sites for hydroxylation is 1. The van der Waals surface area contributed by atoms with Gasteiger partial charge in [-0.15, -0.1) is 6.58 Å². The Kier molecular flexibility index (Phi) is 5.95. The van der Waals surface area contributed by atoms with Crippen molar-refractivity contribution in [2.45, 2.75) is 13.3 Å². The average molecular weight is 340 g/mol. The van der Waals surface area contributed by atoms with E-state index in [1.54, 1.807) is 12.1 Å². The van der Waals surface area contributed by atoms with Crippen LogP contribution in [0.3, 0.4) is 0 Å². The summed E-state index contributed by atoms with van der Waals surface area (Å²) >= 11 is 0. The predicted molar refractivity (Wildman–Crippen MR) is 94.3 cm³/mol. The number of methoxy groups -OCH3 is 2. The van der Waals surface area contributed by atoms with Gasteiger partial charge in [0.2, 0.25) is 0 Å². The van der Waals surface area contributed by atoms with E-state index in [2.05, 4.69) is 6.58 Å². The highest BCUT2D eigenvalue weighted by molar-refractivity contribution is 5.97. The number of carbonyl (C=O) groups is 2. The summed E-state index contributed by atoms with van der Waals surface area (Å²) in [6.45, 7) is 5.69. The highest BCUT2D eigenvalue weighted by Gasteiger charge is 2.21. The summed E-state index contributed by atoms with van der Waals surface area (Å²) in [7, 11) is 2.56. The van der Waals surface area contributed by atoms with Gasteiger partial charge in [-0.1, -0.05) is 23.8 Å². The molecule has 130 valence electrons. The lowest BCUT2D eigenvalue weighted by atomic mass is 9.99. The molecular formula is C20H20O5. The third kappa shape index (κ3) is 4.26. The summed E-state index contributed by atoms with van der Waals surface area (Å²) < 4.78 is 15.5. The zero-order valence-corrected chi connectivity index (χ0v) is 14.5. The molecule has 0 bridgehead atoms. The number of rotatable bonds is 6. The van der Waals surface area contributed by atoms with Crippen LogP contribution >= 0.6 is 0 Å². The highest BCUT2D eigenvalue weighted by atomic mass is 16.5. The van der Waals surface area contributed by atoms with Crippen LogP contribution in [0.15, 0.2) is 49.1 Å². The van der Waals surface area contributed by atoms with E-state index in [1.807, 2.05) is 31.2 Å². The summed E-state index contributed by atoms with van der Waals surface area (Å²) in [5.41, 5.74) is 2.14. The van der Waals surface area contributed by atoms with Crippen LogP contribution in [0.25, 0.3) is 0 Å². The van der Waals surface area contributed by atoms with Gasteiger partial charge in [-0.2, -0.15) is 0 Å². The molecule has 0 spiro atoms. The molecule has 0 aromatic heterocycles. The standard InChI is InChI=1S/C20H20O5/c1-5-6-16-17(20(22)24-4)11-14(19(21)23-3)12-18(16)25-15-9-7-13(2)8-10-15/h5,7-12H,1,6H2,2-4H3. The summed E-state index contributed by atoms with van der Waals surface area (Å²) in [6, 6.07) is 10.4. The van der Waals surface area contributed by atoms with Crippen LogP contribution in [-0.2, 0) is 15.9 Å². The zero-order valence-electron chi connectivity index (χ0n) is 14.5. The maximum absolute atomic E-state index is 12.2. The summed E-state index contributed by atoms with van der Waals surface area (Å²) in [5.74, 6) is -0.152. The third-order valence-corrected chi connectivity index (χ3v) is 3.63. The van der Waals surface area contributed by atoms with Crippen LogP contribution in [0.1, 0.15) is 31.8 Å². The van der Waals surface area contributed by atoms with Crippen LogP contribution in [-0.4, -0.2) is 26.2 Å². The van der Waals surface area contributed by atoms with Gasteiger partial charge in [0.1, 0.15) is 11.5 Å². The van der Waals surface area contributed by atoms with E-state index in [9.17, 15) is 9.59 Å². The minimum Gasteiger partial charge on any atom is -0.465 e. The van der Waals surface area contributed by atoms with Crippen molar-refractivity contribution in [3.8, 4) is 11.5 Å². The maximum atomic E-state index is 12.2. The first kappa shape index (κ1) is 18.3. The van der Waals surface area contributed by atoms with Gasteiger partial charge in [0, 0.05) is 5.56 Å². The molecule has 0 aliphatic rings.